The molecule has 4 heterocycles. The third-order valence-corrected chi connectivity index (χ3v) is 15.1. The monoisotopic (exact) mass is 952 g/mol. The van der Waals surface area contributed by atoms with Gasteiger partial charge in [0.05, 0.1) is 45.3 Å². The summed E-state index contributed by atoms with van der Waals surface area (Å²) >= 11 is 0. The topological polar surface area (TPSA) is 147 Å². The summed E-state index contributed by atoms with van der Waals surface area (Å²) < 4.78 is 59.4. The van der Waals surface area contributed by atoms with Crippen molar-refractivity contribution in [2.75, 3.05) is 26.3 Å². The number of hydrogen-bond acceptors (Lipinski definition) is 10. The average molecular weight is 953 g/mol. The van der Waals surface area contributed by atoms with Crippen molar-refractivity contribution in [3.8, 4) is 0 Å². The molecule has 66 heavy (non-hydrogen) atoms. The molecule has 2 aliphatic heterocycles. The zero-order chi connectivity index (χ0) is 48.5. The number of ether oxygens (including phenoxy) is 4. The summed E-state index contributed by atoms with van der Waals surface area (Å²) in [5.74, 6) is -1.88. The van der Waals surface area contributed by atoms with Crippen LogP contribution >= 0.6 is 0 Å². The van der Waals surface area contributed by atoms with Gasteiger partial charge in [-0.05, 0) is 91.4 Å². The first kappa shape index (κ1) is 50.9. The highest BCUT2D eigenvalue weighted by Gasteiger charge is 2.38. The molecule has 1 unspecified atom stereocenters. The Bertz CT molecular complexity index is 2280. The van der Waals surface area contributed by atoms with Gasteiger partial charge in [-0.15, -0.1) is 0 Å². The molecule has 0 aliphatic carbocycles. The summed E-state index contributed by atoms with van der Waals surface area (Å²) in [5, 5.41) is 0. The number of fused-ring (bicyclic) bond motifs is 2. The molecule has 362 valence electrons. The van der Waals surface area contributed by atoms with Crippen LogP contribution in [0, 0.1) is 11.6 Å². The van der Waals surface area contributed by atoms with Crippen molar-refractivity contribution < 1.29 is 46.9 Å². The number of rotatable bonds is 17. The third-order valence-electron chi connectivity index (χ3n) is 11.7. The van der Waals surface area contributed by atoms with E-state index in [9.17, 15) is 19.2 Å². The fourth-order valence-electron chi connectivity index (χ4n) is 8.25. The molecule has 4 aromatic rings. The summed E-state index contributed by atoms with van der Waals surface area (Å²) in [6.07, 6.45) is 0.918. The Hall–Kier alpha value is -4.53. The zero-order valence-corrected chi connectivity index (χ0v) is 43.1. The van der Waals surface area contributed by atoms with Crippen LogP contribution in [-0.4, -0.2) is 106 Å². The predicted molar refractivity (Wildman–Crippen MR) is 255 cm³/mol. The molecule has 2 saturated heterocycles. The highest BCUT2D eigenvalue weighted by molar-refractivity contribution is 6.76. The number of nitrogens with zero attached hydrogens (tertiary/aromatic N) is 6. The number of aromatic nitrogens is 4. The van der Waals surface area contributed by atoms with Gasteiger partial charge in [0.1, 0.15) is 47.9 Å². The van der Waals surface area contributed by atoms with E-state index >= 15 is 8.78 Å². The Morgan fingerprint density at radius 1 is 0.621 bits per heavy atom. The molecule has 2 fully saturated rings. The molecular formula is C48H70F2N6O8Si2. The minimum atomic E-state index is -1.42. The van der Waals surface area contributed by atoms with Gasteiger partial charge in [0.25, 0.3) is 0 Å². The lowest BCUT2D eigenvalue weighted by atomic mass is 10.00. The van der Waals surface area contributed by atoms with Crippen molar-refractivity contribution in [1.82, 2.24) is 28.9 Å². The normalized spacial score (nSPS) is 17.4. The van der Waals surface area contributed by atoms with Crippen LogP contribution in [0.15, 0.2) is 24.3 Å². The molecule has 6 rings (SSSR count). The van der Waals surface area contributed by atoms with Crippen molar-refractivity contribution in [3.05, 3.63) is 58.7 Å². The number of carbonyl (C=O) groups excluding carboxylic acids is 4. The van der Waals surface area contributed by atoms with Gasteiger partial charge < -0.3 is 28.1 Å². The molecule has 2 aromatic heterocycles. The molecule has 0 bridgehead atoms. The highest BCUT2D eigenvalue weighted by Crippen LogP contribution is 2.37. The standard InChI is InChI=1S/C48H70F2N6O8Si2/c1-47(2,3)63-45(59)53-19-13-15-37(53)43-51-35-25-31(33(49)27-39(35)55(43)29-61-21-23-65(7,8)9)41(57)17-18-42(58)32-26-36-40(28-34(32)50)56(30-62-22-24-66(10,11)12)44(52-36)38-16-14-20-54(38)46(60)64-48(4,5)6/h25-28,37-38H,13-24,29-30H2,1-12H3/t37-,38?/m0/s1. The van der Waals surface area contributed by atoms with Crippen molar-refractivity contribution in [2.24, 2.45) is 0 Å². The van der Waals surface area contributed by atoms with E-state index in [1.807, 2.05) is 0 Å². The van der Waals surface area contributed by atoms with Crippen LogP contribution in [0.4, 0.5) is 18.4 Å². The van der Waals surface area contributed by atoms with E-state index in [-0.39, 0.29) is 24.6 Å². The third kappa shape index (κ3) is 12.7. The number of ketones is 2. The van der Waals surface area contributed by atoms with E-state index in [1.165, 1.54) is 24.3 Å². The SMILES string of the molecule is CC(C)(C)OC(=O)N1CCCC1c1nc2cc(C(=O)CCC(=O)c3cc4nc([C@@H]5CCCN5C(=O)OC(C)(C)C)n(COCC[Si](C)(C)C)c4cc3F)c(F)cc2n1COCC[Si](C)(C)C. The summed E-state index contributed by atoms with van der Waals surface area (Å²) in [6.45, 7) is 26.4. The summed E-state index contributed by atoms with van der Waals surface area (Å²) in [5.41, 5.74) is -0.430. The lowest BCUT2D eigenvalue weighted by molar-refractivity contribution is 0.0196. The van der Waals surface area contributed by atoms with Gasteiger partial charge in [0, 0.05) is 67.4 Å². The van der Waals surface area contributed by atoms with Gasteiger partial charge in [-0.3, -0.25) is 19.4 Å². The van der Waals surface area contributed by atoms with Crippen molar-refractivity contribution >= 4 is 62.0 Å². The predicted octanol–water partition coefficient (Wildman–Crippen LogP) is 11.3. The Kier molecular flexibility index (Phi) is 15.4. The van der Waals surface area contributed by atoms with E-state index in [0.29, 0.717) is 85.7 Å². The van der Waals surface area contributed by atoms with Gasteiger partial charge in [-0.2, -0.15) is 0 Å². The second-order valence-corrected chi connectivity index (χ2v) is 33.4. The van der Waals surface area contributed by atoms with Crippen molar-refractivity contribution in [2.45, 2.75) is 168 Å². The Labute approximate surface area is 389 Å². The van der Waals surface area contributed by atoms with E-state index < -0.39 is 87.7 Å². The number of halogens is 2. The molecule has 18 heteroatoms. The number of imidazole rings is 2. The molecule has 0 saturated carbocycles. The number of Topliss-reactive ketones (excluding diaryl/α,β-unsaturated/α-hetero) is 2. The second-order valence-electron chi connectivity index (χ2n) is 22.1. The Morgan fingerprint density at radius 3 is 1.32 bits per heavy atom. The maximum Gasteiger partial charge on any atom is 0.410 e. The summed E-state index contributed by atoms with van der Waals surface area (Å²) in [7, 11) is -2.84. The van der Waals surface area contributed by atoms with Gasteiger partial charge in [0.2, 0.25) is 0 Å². The second kappa shape index (κ2) is 20.0. The molecular weight excluding hydrogens is 883 g/mol. The van der Waals surface area contributed by atoms with Crippen LogP contribution in [0.2, 0.25) is 51.4 Å². The molecule has 14 nitrogen and oxygen atoms in total. The number of likely N-dealkylation sites (tertiary alicyclic amines) is 2. The van der Waals surface area contributed by atoms with E-state index in [0.717, 1.165) is 12.1 Å². The number of benzene rings is 2. The van der Waals surface area contributed by atoms with Crippen LogP contribution < -0.4 is 0 Å². The summed E-state index contributed by atoms with van der Waals surface area (Å²) in [6, 6.07) is 6.16. The van der Waals surface area contributed by atoms with E-state index in [4.69, 9.17) is 28.9 Å². The van der Waals surface area contributed by atoms with Crippen LogP contribution in [0.25, 0.3) is 22.1 Å². The van der Waals surface area contributed by atoms with Crippen molar-refractivity contribution in [1.29, 1.82) is 0 Å². The maximum absolute atomic E-state index is 16.1. The molecule has 0 spiro atoms. The maximum atomic E-state index is 16.1. The zero-order valence-electron chi connectivity index (χ0n) is 41.1. The average Bonchev–Trinajstić information content (AvgIpc) is 4.00. The number of amides is 2. The lowest BCUT2D eigenvalue weighted by Crippen LogP contribution is -2.37. The first-order valence-electron chi connectivity index (χ1n) is 23.3. The molecule has 0 N–H and O–H groups in total. The van der Waals surface area contributed by atoms with Gasteiger partial charge >= 0.3 is 12.2 Å². The van der Waals surface area contributed by atoms with E-state index in [1.54, 1.807) is 60.5 Å². The largest absolute Gasteiger partial charge is 0.444 e. The molecule has 0 radical (unpaired) electrons. The first-order chi connectivity index (χ1) is 30.7. The minimum absolute atomic E-state index is 0.0696. The van der Waals surface area contributed by atoms with Crippen LogP contribution in [0.3, 0.4) is 0 Å². The molecule has 2 aromatic carbocycles. The molecule has 2 atom stereocenters. The fourth-order valence-corrected chi connectivity index (χ4v) is 9.76. The van der Waals surface area contributed by atoms with Gasteiger partial charge in [-0.1, -0.05) is 39.3 Å². The van der Waals surface area contributed by atoms with Crippen LogP contribution in [-0.2, 0) is 32.4 Å². The minimum Gasteiger partial charge on any atom is -0.444 e. The molecule has 2 aliphatic rings. The van der Waals surface area contributed by atoms with E-state index in [2.05, 4.69) is 39.3 Å². The number of hydrogen-bond donors (Lipinski definition) is 0. The lowest BCUT2D eigenvalue weighted by Gasteiger charge is -2.28. The quantitative estimate of drug-likeness (QED) is 0.0569. The van der Waals surface area contributed by atoms with Gasteiger partial charge in [-0.25, -0.2) is 28.3 Å². The van der Waals surface area contributed by atoms with Gasteiger partial charge in [0.15, 0.2) is 11.6 Å². The fraction of sp³-hybridized carbons (Fsp3) is 0.625. The van der Waals surface area contributed by atoms with Crippen molar-refractivity contribution in [3.63, 3.8) is 0 Å². The highest BCUT2D eigenvalue weighted by atomic mass is 28.3. The smallest absolute Gasteiger partial charge is 0.410 e. The Morgan fingerprint density at radius 2 is 0.985 bits per heavy atom. The Balaban J connectivity index is 1.25. The van der Waals surface area contributed by atoms with Crippen LogP contribution in [0.5, 0.6) is 0 Å². The molecule has 2 amide bonds. The summed E-state index contributed by atoms with van der Waals surface area (Å²) in [4.78, 5) is 67.2. The van der Waals surface area contributed by atoms with Crippen LogP contribution in [0.1, 0.15) is 125 Å². The number of carbonyl (C=O) groups is 4. The first-order valence-corrected chi connectivity index (χ1v) is 30.7.